The van der Waals surface area contributed by atoms with Gasteiger partial charge in [0, 0.05) is 6.04 Å². The van der Waals surface area contributed by atoms with Crippen molar-refractivity contribution in [2.24, 2.45) is 0 Å². The molecule has 0 aliphatic heterocycles. The molecule has 1 rings (SSSR count). The number of aryl methyl sites for hydroxylation is 1. The third kappa shape index (κ3) is 6.97. The smallest absolute Gasteiger partial charge is 0.234 e. The van der Waals surface area contributed by atoms with Crippen molar-refractivity contribution in [3.63, 3.8) is 0 Å². The van der Waals surface area contributed by atoms with Gasteiger partial charge in [0.05, 0.1) is 6.54 Å². The Labute approximate surface area is 109 Å². The summed E-state index contributed by atoms with van der Waals surface area (Å²) in [4.78, 5) is 11.3. The largest absolute Gasteiger partial charge is 0.353 e. The minimum Gasteiger partial charge on any atom is -0.353 e. The van der Waals surface area contributed by atoms with Crippen molar-refractivity contribution in [2.75, 3.05) is 13.6 Å². The zero-order valence-corrected chi connectivity index (χ0v) is 11.2. The van der Waals surface area contributed by atoms with Gasteiger partial charge < -0.3 is 10.6 Å². The van der Waals surface area contributed by atoms with Gasteiger partial charge in [-0.05, 0) is 32.4 Å². The maximum atomic E-state index is 11.3. The molecule has 1 atom stereocenters. The molecule has 1 aromatic rings. The van der Waals surface area contributed by atoms with E-state index in [2.05, 4.69) is 22.8 Å². The number of benzene rings is 1. The third-order valence-electron chi connectivity index (χ3n) is 2.45. The predicted octanol–water partition coefficient (Wildman–Crippen LogP) is 1.77. The molecule has 0 fully saturated rings. The van der Waals surface area contributed by atoms with Gasteiger partial charge in [-0.2, -0.15) is 0 Å². The Morgan fingerprint density at radius 1 is 1.29 bits per heavy atom. The zero-order chi connectivity index (χ0) is 11.8. The fourth-order valence-electron chi connectivity index (χ4n) is 1.59. The molecule has 3 nitrogen and oxygen atoms in total. The standard InChI is InChI=1S/C13H20N2O.ClH/c1-11(15-13(16)10-14-2)8-9-12-6-4-3-5-7-12;/h3-7,11,14H,8-10H2,1-2H3,(H,15,16);1H. The van der Waals surface area contributed by atoms with Crippen molar-refractivity contribution in [1.82, 2.24) is 10.6 Å². The Kier molecular flexibility index (Phi) is 8.46. The van der Waals surface area contributed by atoms with Crippen LogP contribution in [0.5, 0.6) is 0 Å². The molecule has 17 heavy (non-hydrogen) atoms. The van der Waals surface area contributed by atoms with E-state index in [0.29, 0.717) is 6.54 Å². The van der Waals surface area contributed by atoms with E-state index < -0.39 is 0 Å². The molecule has 0 aliphatic rings. The van der Waals surface area contributed by atoms with E-state index in [1.54, 1.807) is 7.05 Å². The molecule has 1 unspecified atom stereocenters. The second kappa shape index (κ2) is 9.02. The van der Waals surface area contributed by atoms with Crippen molar-refractivity contribution in [3.8, 4) is 0 Å². The molecule has 96 valence electrons. The normalized spacial score (nSPS) is 11.4. The first-order chi connectivity index (χ1) is 7.72. The number of rotatable bonds is 6. The molecular formula is C13H21ClN2O. The fraction of sp³-hybridized carbons (Fsp3) is 0.462. The van der Waals surface area contributed by atoms with Crippen LogP contribution in [0.4, 0.5) is 0 Å². The summed E-state index contributed by atoms with van der Waals surface area (Å²) >= 11 is 0. The van der Waals surface area contributed by atoms with Gasteiger partial charge in [-0.1, -0.05) is 30.3 Å². The second-order valence-corrected chi connectivity index (χ2v) is 4.02. The first kappa shape index (κ1) is 15.9. The Hall–Kier alpha value is -1.06. The van der Waals surface area contributed by atoms with Crippen molar-refractivity contribution in [2.45, 2.75) is 25.8 Å². The maximum Gasteiger partial charge on any atom is 0.234 e. The van der Waals surface area contributed by atoms with Crippen molar-refractivity contribution in [1.29, 1.82) is 0 Å². The first-order valence-electron chi connectivity index (χ1n) is 5.70. The summed E-state index contributed by atoms with van der Waals surface area (Å²) in [6.45, 7) is 2.42. The number of likely N-dealkylation sites (N-methyl/N-ethyl adjacent to an activating group) is 1. The summed E-state index contributed by atoms with van der Waals surface area (Å²) in [6, 6.07) is 10.5. The van der Waals surface area contributed by atoms with Crippen LogP contribution in [0.25, 0.3) is 0 Å². The number of hydrogen-bond donors (Lipinski definition) is 2. The average molecular weight is 257 g/mol. The second-order valence-electron chi connectivity index (χ2n) is 4.02. The molecule has 0 saturated heterocycles. The van der Waals surface area contributed by atoms with Crippen LogP contribution in [0.2, 0.25) is 0 Å². The van der Waals surface area contributed by atoms with Crippen molar-refractivity contribution < 1.29 is 4.79 Å². The van der Waals surface area contributed by atoms with E-state index in [4.69, 9.17) is 0 Å². The van der Waals surface area contributed by atoms with Gasteiger partial charge in [0.15, 0.2) is 0 Å². The highest BCUT2D eigenvalue weighted by atomic mass is 35.5. The van der Waals surface area contributed by atoms with Gasteiger partial charge in [-0.3, -0.25) is 4.79 Å². The molecule has 0 radical (unpaired) electrons. The quantitative estimate of drug-likeness (QED) is 0.815. The third-order valence-corrected chi connectivity index (χ3v) is 2.45. The van der Waals surface area contributed by atoms with Crippen LogP contribution < -0.4 is 10.6 Å². The first-order valence-corrected chi connectivity index (χ1v) is 5.70. The Morgan fingerprint density at radius 3 is 2.53 bits per heavy atom. The lowest BCUT2D eigenvalue weighted by molar-refractivity contribution is -0.120. The lowest BCUT2D eigenvalue weighted by Gasteiger charge is -2.13. The fourth-order valence-corrected chi connectivity index (χ4v) is 1.59. The zero-order valence-electron chi connectivity index (χ0n) is 10.4. The van der Waals surface area contributed by atoms with Crippen molar-refractivity contribution >= 4 is 18.3 Å². The highest BCUT2D eigenvalue weighted by Gasteiger charge is 2.05. The summed E-state index contributed by atoms with van der Waals surface area (Å²) < 4.78 is 0. The Bertz CT molecular complexity index is 316. The van der Waals surface area contributed by atoms with Crippen LogP contribution in [-0.2, 0) is 11.2 Å². The molecule has 2 N–H and O–H groups in total. The van der Waals surface area contributed by atoms with Crippen LogP contribution in [0.3, 0.4) is 0 Å². The van der Waals surface area contributed by atoms with Gasteiger partial charge in [0.2, 0.25) is 5.91 Å². The molecule has 0 spiro atoms. The molecule has 0 aromatic heterocycles. The minimum absolute atomic E-state index is 0. The Balaban J connectivity index is 0.00000256. The lowest BCUT2D eigenvalue weighted by atomic mass is 10.1. The molecule has 0 saturated carbocycles. The van der Waals surface area contributed by atoms with Crippen LogP contribution in [0.15, 0.2) is 30.3 Å². The topological polar surface area (TPSA) is 41.1 Å². The van der Waals surface area contributed by atoms with E-state index in [9.17, 15) is 4.79 Å². The van der Waals surface area contributed by atoms with E-state index in [1.165, 1.54) is 5.56 Å². The van der Waals surface area contributed by atoms with Gasteiger partial charge in [0.1, 0.15) is 0 Å². The van der Waals surface area contributed by atoms with Gasteiger partial charge in [0.25, 0.3) is 0 Å². The highest BCUT2D eigenvalue weighted by Crippen LogP contribution is 2.04. The van der Waals surface area contributed by atoms with E-state index >= 15 is 0 Å². The number of halogens is 1. The number of amides is 1. The van der Waals surface area contributed by atoms with Gasteiger partial charge in [-0.25, -0.2) is 0 Å². The van der Waals surface area contributed by atoms with Crippen LogP contribution in [0, 0.1) is 0 Å². The average Bonchev–Trinajstić information content (AvgIpc) is 2.28. The number of carbonyl (C=O) groups is 1. The number of carbonyl (C=O) groups excluding carboxylic acids is 1. The molecule has 1 amide bonds. The molecule has 1 aromatic carbocycles. The van der Waals surface area contributed by atoms with Crippen LogP contribution in [0.1, 0.15) is 18.9 Å². The highest BCUT2D eigenvalue weighted by molar-refractivity contribution is 5.85. The molecule has 0 aliphatic carbocycles. The number of hydrogen-bond acceptors (Lipinski definition) is 2. The maximum absolute atomic E-state index is 11.3. The molecular weight excluding hydrogens is 236 g/mol. The van der Waals surface area contributed by atoms with Crippen LogP contribution in [-0.4, -0.2) is 25.5 Å². The van der Waals surface area contributed by atoms with E-state index in [1.807, 2.05) is 25.1 Å². The molecule has 4 heteroatoms. The SMILES string of the molecule is CNCC(=O)NC(C)CCc1ccccc1.Cl. The summed E-state index contributed by atoms with van der Waals surface area (Å²) in [5.74, 6) is 0.0584. The predicted molar refractivity (Wildman–Crippen MR) is 73.5 cm³/mol. The summed E-state index contributed by atoms with van der Waals surface area (Å²) in [5.41, 5.74) is 1.32. The summed E-state index contributed by atoms with van der Waals surface area (Å²) in [7, 11) is 1.77. The summed E-state index contributed by atoms with van der Waals surface area (Å²) in [5, 5.41) is 5.78. The lowest BCUT2D eigenvalue weighted by Crippen LogP contribution is -2.38. The van der Waals surface area contributed by atoms with Gasteiger partial charge in [-0.15, -0.1) is 12.4 Å². The molecule has 0 bridgehead atoms. The number of nitrogens with one attached hydrogen (secondary N) is 2. The minimum atomic E-state index is 0. The monoisotopic (exact) mass is 256 g/mol. The molecule has 0 heterocycles. The van der Waals surface area contributed by atoms with Gasteiger partial charge >= 0.3 is 0 Å². The van der Waals surface area contributed by atoms with E-state index in [-0.39, 0.29) is 24.4 Å². The summed E-state index contributed by atoms with van der Waals surface area (Å²) in [6.07, 6.45) is 1.97. The van der Waals surface area contributed by atoms with E-state index in [0.717, 1.165) is 12.8 Å². The van der Waals surface area contributed by atoms with Crippen molar-refractivity contribution in [3.05, 3.63) is 35.9 Å². The van der Waals surface area contributed by atoms with Crippen LogP contribution >= 0.6 is 12.4 Å². The Morgan fingerprint density at radius 2 is 1.94 bits per heavy atom.